The molecule has 1 rings (SSSR count). The Morgan fingerprint density at radius 1 is 1.14 bits per heavy atom. The maximum absolute atomic E-state index is 12.8. The van der Waals surface area contributed by atoms with Crippen LogP contribution in [0.1, 0.15) is 32.8 Å². The molecule has 0 atom stereocenters. The zero-order valence-electron chi connectivity index (χ0n) is 12.7. The number of amides is 1. The number of halogens is 1. The highest BCUT2D eigenvalue weighted by molar-refractivity contribution is 5.82. The summed E-state index contributed by atoms with van der Waals surface area (Å²) in [5, 5.41) is 8.78. The molecule has 1 aromatic carbocycles. The lowest BCUT2D eigenvalue weighted by molar-refractivity contribution is -0.142. The van der Waals surface area contributed by atoms with E-state index in [9.17, 15) is 14.0 Å². The fourth-order valence-electron chi connectivity index (χ4n) is 1.93. The zero-order valence-corrected chi connectivity index (χ0v) is 12.7. The Hall–Kier alpha value is -1.91. The van der Waals surface area contributed by atoms with Crippen molar-refractivity contribution in [2.24, 2.45) is 5.41 Å². The van der Waals surface area contributed by atoms with E-state index in [0.29, 0.717) is 13.0 Å². The summed E-state index contributed by atoms with van der Waals surface area (Å²) in [5.74, 6) is -1.30. The molecule has 0 aliphatic rings. The molecular formula is C16H22FNO3. The van der Waals surface area contributed by atoms with Gasteiger partial charge in [-0.05, 0) is 24.1 Å². The molecule has 0 radical (unpaired) electrons. The van der Waals surface area contributed by atoms with Crippen LogP contribution in [0.3, 0.4) is 0 Å². The van der Waals surface area contributed by atoms with E-state index in [4.69, 9.17) is 5.11 Å². The van der Waals surface area contributed by atoms with Crippen molar-refractivity contribution in [1.82, 2.24) is 4.90 Å². The maximum atomic E-state index is 12.8. The van der Waals surface area contributed by atoms with Crippen LogP contribution in [0, 0.1) is 11.2 Å². The van der Waals surface area contributed by atoms with E-state index in [1.165, 1.54) is 12.1 Å². The minimum Gasteiger partial charge on any atom is -0.481 e. The van der Waals surface area contributed by atoms with Gasteiger partial charge in [0.2, 0.25) is 5.91 Å². The third-order valence-electron chi connectivity index (χ3n) is 3.11. The van der Waals surface area contributed by atoms with Gasteiger partial charge in [0.05, 0.1) is 6.42 Å². The van der Waals surface area contributed by atoms with Gasteiger partial charge < -0.3 is 10.0 Å². The molecule has 0 aliphatic heterocycles. The number of aliphatic carboxylic acids is 1. The molecule has 0 spiro atoms. The Morgan fingerprint density at radius 3 is 2.19 bits per heavy atom. The first-order chi connectivity index (χ1) is 9.70. The number of carbonyl (C=O) groups is 2. The molecule has 1 aromatic rings. The van der Waals surface area contributed by atoms with Gasteiger partial charge in [0, 0.05) is 18.5 Å². The second kappa shape index (κ2) is 7.20. The minimum absolute atomic E-state index is 0.0779. The smallest absolute Gasteiger partial charge is 0.305 e. The Balaban J connectivity index is 2.70. The second-order valence-corrected chi connectivity index (χ2v) is 6.06. The molecule has 0 bridgehead atoms. The van der Waals surface area contributed by atoms with Crippen LogP contribution >= 0.6 is 0 Å². The highest BCUT2D eigenvalue weighted by Crippen LogP contribution is 2.18. The van der Waals surface area contributed by atoms with Crippen molar-refractivity contribution in [3.63, 3.8) is 0 Å². The van der Waals surface area contributed by atoms with Crippen LogP contribution < -0.4 is 0 Å². The number of carboxylic acids is 1. The summed E-state index contributed by atoms with van der Waals surface area (Å²) in [6, 6.07) is 6.10. The summed E-state index contributed by atoms with van der Waals surface area (Å²) in [6.45, 7) is 6.03. The lowest BCUT2D eigenvalue weighted by atomic mass is 9.94. The van der Waals surface area contributed by atoms with E-state index in [0.717, 1.165) is 5.56 Å². The molecule has 0 aromatic heterocycles. The molecule has 0 saturated heterocycles. The SMILES string of the molecule is CC(C)(C)C(=O)N(CCC(=O)O)CCc1ccc(F)cc1. The molecule has 0 heterocycles. The molecule has 1 amide bonds. The Bertz CT molecular complexity index is 491. The van der Waals surface area contributed by atoms with Gasteiger partial charge in [-0.25, -0.2) is 4.39 Å². The fourth-order valence-corrected chi connectivity index (χ4v) is 1.93. The number of carboxylic acid groups (broad SMARTS) is 1. The van der Waals surface area contributed by atoms with Gasteiger partial charge in [-0.2, -0.15) is 0 Å². The Kier molecular flexibility index (Phi) is 5.88. The van der Waals surface area contributed by atoms with Gasteiger partial charge in [0.1, 0.15) is 5.82 Å². The van der Waals surface area contributed by atoms with E-state index in [-0.39, 0.29) is 24.7 Å². The van der Waals surface area contributed by atoms with Crippen molar-refractivity contribution in [2.75, 3.05) is 13.1 Å². The van der Waals surface area contributed by atoms with Crippen molar-refractivity contribution < 1.29 is 19.1 Å². The van der Waals surface area contributed by atoms with Crippen LogP contribution in [0.4, 0.5) is 4.39 Å². The topological polar surface area (TPSA) is 57.6 Å². The minimum atomic E-state index is -0.927. The van der Waals surface area contributed by atoms with Gasteiger partial charge >= 0.3 is 5.97 Å². The van der Waals surface area contributed by atoms with E-state index in [2.05, 4.69) is 0 Å². The molecular weight excluding hydrogens is 273 g/mol. The van der Waals surface area contributed by atoms with E-state index < -0.39 is 11.4 Å². The maximum Gasteiger partial charge on any atom is 0.305 e. The highest BCUT2D eigenvalue weighted by Gasteiger charge is 2.27. The van der Waals surface area contributed by atoms with Gasteiger partial charge in [-0.1, -0.05) is 32.9 Å². The molecule has 1 N–H and O–H groups in total. The van der Waals surface area contributed by atoms with Crippen molar-refractivity contribution in [3.8, 4) is 0 Å². The lowest BCUT2D eigenvalue weighted by Gasteiger charge is -2.29. The molecule has 116 valence electrons. The number of hydrogen-bond acceptors (Lipinski definition) is 2. The van der Waals surface area contributed by atoms with Gasteiger partial charge in [-0.15, -0.1) is 0 Å². The van der Waals surface area contributed by atoms with E-state index in [1.807, 2.05) is 0 Å². The number of benzene rings is 1. The summed E-state index contributed by atoms with van der Waals surface area (Å²) < 4.78 is 12.8. The number of carbonyl (C=O) groups excluding carboxylic acids is 1. The predicted molar refractivity (Wildman–Crippen MR) is 78.4 cm³/mol. The summed E-state index contributed by atoms with van der Waals surface area (Å²) in [6.07, 6.45) is 0.493. The summed E-state index contributed by atoms with van der Waals surface area (Å²) >= 11 is 0. The molecule has 21 heavy (non-hydrogen) atoms. The zero-order chi connectivity index (χ0) is 16.0. The average Bonchev–Trinajstić information content (AvgIpc) is 2.39. The standard InChI is InChI=1S/C16H22FNO3/c1-16(2,3)15(21)18(11-9-14(19)20)10-8-12-4-6-13(17)7-5-12/h4-7H,8-11H2,1-3H3,(H,19,20). The predicted octanol–water partition coefficient (Wildman–Crippen LogP) is 2.72. The quantitative estimate of drug-likeness (QED) is 0.878. The van der Waals surface area contributed by atoms with Crippen molar-refractivity contribution >= 4 is 11.9 Å². The molecule has 5 heteroatoms. The number of hydrogen-bond donors (Lipinski definition) is 1. The lowest BCUT2D eigenvalue weighted by Crippen LogP contribution is -2.41. The van der Waals surface area contributed by atoms with Crippen molar-refractivity contribution in [2.45, 2.75) is 33.6 Å². The van der Waals surface area contributed by atoms with E-state index in [1.54, 1.807) is 37.8 Å². The Morgan fingerprint density at radius 2 is 1.71 bits per heavy atom. The third kappa shape index (κ3) is 5.94. The summed E-state index contributed by atoms with van der Waals surface area (Å²) in [5.41, 5.74) is 0.361. The molecule has 0 aliphatic carbocycles. The van der Waals surface area contributed by atoms with Crippen LogP contribution in [0.25, 0.3) is 0 Å². The summed E-state index contributed by atoms with van der Waals surface area (Å²) in [4.78, 5) is 24.6. The number of nitrogens with zero attached hydrogens (tertiary/aromatic N) is 1. The third-order valence-corrected chi connectivity index (χ3v) is 3.11. The first kappa shape index (κ1) is 17.1. The fraction of sp³-hybridized carbons (Fsp3) is 0.500. The largest absolute Gasteiger partial charge is 0.481 e. The number of rotatable bonds is 6. The Labute approximate surface area is 124 Å². The van der Waals surface area contributed by atoms with Crippen LogP contribution in [-0.4, -0.2) is 35.0 Å². The van der Waals surface area contributed by atoms with E-state index >= 15 is 0 Å². The van der Waals surface area contributed by atoms with Crippen LogP contribution in [0.2, 0.25) is 0 Å². The average molecular weight is 295 g/mol. The monoisotopic (exact) mass is 295 g/mol. The normalized spacial score (nSPS) is 11.2. The van der Waals surface area contributed by atoms with Crippen LogP contribution in [0.5, 0.6) is 0 Å². The van der Waals surface area contributed by atoms with Crippen molar-refractivity contribution in [3.05, 3.63) is 35.6 Å². The molecule has 0 fully saturated rings. The van der Waals surface area contributed by atoms with Crippen molar-refractivity contribution in [1.29, 1.82) is 0 Å². The first-order valence-corrected chi connectivity index (χ1v) is 6.96. The molecule has 4 nitrogen and oxygen atoms in total. The van der Waals surface area contributed by atoms with Gasteiger partial charge in [0.15, 0.2) is 0 Å². The molecule has 0 unspecified atom stereocenters. The highest BCUT2D eigenvalue weighted by atomic mass is 19.1. The van der Waals surface area contributed by atoms with Crippen LogP contribution in [-0.2, 0) is 16.0 Å². The van der Waals surface area contributed by atoms with Gasteiger partial charge in [0.25, 0.3) is 0 Å². The second-order valence-electron chi connectivity index (χ2n) is 6.06. The van der Waals surface area contributed by atoms with Gasteiger partial charge in [-0.3, -0.25) is 9.59 Å². The first-order valence-electron chi connectivity index (χ1n) is 6.96. The summed E-state index contributed by atoms with van der Waals surface area (Å²) in [7, 11) is 0. The van der Waals surface area contributed by atoms with Crippen LogP contribution in [0.15, 0.2) is 24.3 Å². The molecule has 0 saturated carbocycles.